The Labute approximate surface area is 225 Å². The number of pyridine rings is 2. The van der Waals surface area contributed by atoms with Crippen molar-refractivity contribution in [3.05, 3.63) is 72.8 Å². The molecule has 0 atom stereocenters. The van der Waals surface area contributed by atoms with Crippen molar-refractivity contribution < 1.29 is 13.2 Å². The predicted octanol–water partition coefficient (Wildman–Crippen LogP) is 5.78. The van der Waals surface area contributed by atoms with E-state index in [4.69, 9.17) is 0 Å². The van der Waals surface area contributed by atoms with Gasteiger partial charge in [0.25, 0.3) is 0 Å². The highest BCUT2D eigenvalue weighted by molar-refractivity contribution is 5.81. The van der Waals surface area contributed by atoms with Crippen molar-refractivity contribution in [1.82, 2.24) is 34.8 Å². The van der Waals surface area contributed by atoms with Crippen molar-refractivity contribution in [3.63, 3.8) is 0 Å². The first-order valence-electron chi connectivity index (χ1n) is 13.1. The lowest BCUT2D eigenvalue weighted by molar-refractivity contribution is -0.141. The van der Waals surface area contributed by atoms with Gasteiger partial charge >= 0.3 is 6.18 Å². The van der Waals surface area contributed by atoms with E-state index < -0.39 is 11.9 Å². The second-order valence-electron chi connectivity index (χ2n) is 9.59. The van der Waals surface area contributed by atoms with Gasteiger partial charge in [-0.3, -0.25) is 4.98 Å². The summed E-state index contributed by atoms with van der Waals surface area (Å²) in [7, 11) is 0. The highest BCUT2D eigenvalue weighted by Crippen LogP contribution is 2.30. The highest BCUT2D eigenvalue weighted by atomic mass is 19.4. The van der Waals surface area contributed by atoms with Crippen LogP contribution in [0.1, 0.15) is 43.4 Å². The Morgan fingerprint density at radius 2 is 1.82 bits per heavy atom. The number of aromatic nitrogens is 5. The molecule has 5 rings (SSSR count). The normalized spacial score (nSPS) is 14.7. The molecule has 0 saturated carbocycles. The number of alkyl halides is 3. The number of anilines is 2. The molecule has 2 N–H and O–H groups in total. The second-order valence-corrected chi connectivity index (χ2v) is 9.59. The first kappa shape index (κ1) is 26.6. The fourth-order valence-electron chi connectivity index (χ4n) is 4.72. The zero-order chi connectivity index (χ0) is 27.2. The van der Waals surface area contributed by atoms with Crippen LogP contribution in [0.15, 0.2) is 61.6 Å². The number of likely N-dealkylation sites (tertiary alicyclic amines) is 1. The standard InChI is InChI=1S/C28H31F3N8/c1-20(33-13-8-17-38-15-4-2-3-5-16-38)21-19-32-14-12-22(21)35-27-24-10-7-18-39(24)37-26(36-27)23-9-6-11-25(34-23)28(29,30)31/h6-7,9-12,14,18-19,33H,1-5,8,13,15-17H2,(H,32,35,36,37). The summed E-state index contributed by atoms with van der Waals surface area (Å²) >= 11 is 0. The third-order valence-electron chi connectivity index (χ3n) is 6.75. The maximum Gasteiger partial charge on any atom is 0.433 e. The van der Waals surface area contributed by atoms with Crippen LogP contribution in [0.5, 0.6) is 0 Å². The molecule has 39 heavy (non-hydrogen) atoms. The van der Waals surface area contributed by atoms with E-state index in [9.17, 15) is 13.2 Å². The van der Waals surface area contributed by atoms with Gasteiger partial charge in [0.1, 0.15) is 16.9 Å². The molecule has 0 aromatic carbocycles. The van der Waals surface area contributed by atoms with E-state index in [0.29, 0.717) is 17.0 Å². The number of fused-ring (bicyclic) bond motifs is 1. The molecule has 0 aliphatic carbocycles. The van der Waals surface area contributed by atoms with Crippen molar-refractivity contribution in [3.8, 4) is 11.5 Å². The van der Waals surface area contributed by atoms with Gasteiger partial charge in [-0.15, -0.1) is 5.10 Å². The lowest BCUT2D eigenvalue weighted by Gasteiger charge is -2.20. The maximum absolute atomic E-state index is 13.3. The van der Waals surface area contributed by atoms with Gasteiger partial charge in [-0.2, -0.15) is 13.2 Å². The number of rotatable bonds is 9. The summed E-state index contributed by atoms with van der Waals surface area (Å²) in [6, 6.07) is 9.10. The molecule has 4 aromatic heterocycles. The van der Waals surface area contributed by atoms with E-state index in [1.165, 1.54) is 50.9 Å². The molecule has 0 spiro atoms. The summed E-state index contributed by atoms with van der Waals surface area (Å²) < 4.78 is 41.3. The van der Waals surface area contributed by atoms with E-state index >= 15 is 0 Å². The zero-order valence-electron chi connectivity index (χ0n) is 21.6. The number of nitrogens with one attached hydrogen (secondary N) is 2. The van der Waals surface area contributed by atoms with Gasteiger partial charge in [0.2, 0.25) is 5.82 Å². The van der Waals surface area contributed by atoms with Crippen molar-refractivity contribution in [2.45, 2.75) is 38.3 Å². The minimum absolute atomic E-state index is 0.0221. The van der Waals surface area contributed by atoms with Gasteiger partial charge in [0, 0.05) is 36.4 Å². The van der Waals surface area contributed by atoms with Crippen LogP contribution in [0.2, 0.25) is 0 Å². The molecule has 0 unspecified atom stereocenters. The third-order valence-corrected chi connectivity index (χ3v) is 6.75. The number of hydrogen-bond donors (Lipinski definition) is 2. The Kier molecular flexibility index (Phi) is 8.06. The third kappa shape index (κ3) is 6.54. The fourth-order valence-corrected chi connectivity index (χ4v) is 4.72. The Bertz CT molecular complexity index is 1420. The molecule has 11 heteroatoms. The van der Waals surface area contributed by atoms with Crippen molar-refractivity contribution in [2.24, 2.45) is 0 Å². The molecule has 5 heterocycles. The molecular formula is C28H31F3N8. The Hall–Kier alpha value is -3.99. The minimum atomic E-state index is -4.57. The molecule has 204 valence electrons. The van der Waals surface area contributed by atoms with Gasteiger partial charge in [-0.05, 0) is 69.2 Å². The van der Waals surface area contributed by atoms with E-state index in [-0.39, 0.29) is 11.5 Å². The van der Waals surface area contributed by atoms with Crippen LogP contribution in [0.4, 0.5) is 24.7 Å². The van der Waals surface area contributed by atoms with Crippen molar-refractivity contribution >= 4 is 22.7 Å². The van der Waals surface area contributed by atoms with Crippen molar-refractivity contribution in [2.75, 3.05) is 31.5 Å². The van der Waals surface area contributed by atoms with Crippen LogP contribution < -0.4 is 10.6 Å². The van der Waals surface area contributed by atoms with Crippen LogP contribution in [0.25, 0.3) is 22.7 Å². The quantitative estimate of drug-likeness (QED) is 0.263. The van der Waals surface area contributed by atoms with Gasteiger partial charge < -0.3 is 15.5 Å². The average Bonchev–Trinajstić information content (AvgIpc) is 3.26. The van der Waals surface area contributed by atoms with Gasteiger partial charge in [-0.25, -0.2) is 14.5 Å². The van der Waals surface area contributed by atoms with E-state index in [2.05, 4.69) is 42.2 Å². The van der Waals surface area contributed by atoms with E-state index in [1.54, 1.807) is 29.2 Å². The van der Waals surface area contributed by atoms with E-state index in [1.807, 2.05) is 12.1 Å². The second kappa shape index (κ2) is 11.8. The number of halogens is 3. The molecule has 1 saturated heterocycles. The molecule has 0 amide bonds. The monoisotopic (exact) mass is 536 g/mol. The largest absolute Gasteiger partial charge is 0.433 e. The lowest BCUT2D eigenvalue weighted by Crippen LogP contribution is -2.28. The molecule has 8 nitrogen and oxygen atoms in total. The van der Waals surface area contributed by atoms with Gasteiger partial charge in [-0.1, -0.05) is 25.5 Å². The molecule has 0 bridgehead atoms. The van der Waals surface area contributed by atoms with Crippen LogP contribution >= 0.6 is 0 Å². The SMILES string of the molecule is C=C(NCCCN1CCCCCC1)c1cnccc1Nc1nc(-c2cccc(C(F)(F)F)n2)nn2cccc12. The molecule has 1 aliphatic heterocycles. The topological polar surface area (TPSA) is 83.3 Å². The molecular weight excluding hydrogens is 505 g/mol. The van der Waals surface area contributed by atoms with Crippen molar-refractivity contribution in [1.29, 1.82) is 0 Å². The molecule has 4 aromatic rings. The number of hydrogen-bond acceptors (Lipinski definition) is 7. The summed E-state index contributed by atoms with van der Waals surface area (Å²) in [5, 5.41) is 11.1. The number of nitrogens with zero attached hydrogens (tertiary/aromatic N) is 6. The van der Waals surface area contributed by atoms with Crippen LogP contribution in [0.3, 0.4) is 0 Å². The fraction of sp³-hybridized carbons (Fsp3) is 0.357. The summed E-state index contributed by atoms with van der Waals surface area (Å²) in [5.41, 5.74) is 1.88. The minimum Gasteiger partial charge on any atom is -0.385 e. The summed E-state index contributed by atoms with van der Waals surface area (Å²) in [4.78, 5) is 15.1. The average molecular weight is 537 g/mol. The lowest BCUT2D eigenvalue weighted by atomic mass is 10.1. The zero-order valence-corrected chi connectivity index (χ0v) is 21.6. The Balaban J connectivity index is 1.33. The molecule has 1 aliphatic rings. The molecule has 0 radical (unpaired) electrons. The maximum atomic E-state index is 13.3. The summed E-state index contributed by atoms with van der Waals surface area (Å²) in [6.45, 7) is 8.39. The van der Waals surface area contributed by atoms with Gasteiger partial charge in [0.05, 0.1) is 5.69 Å². The summed E-state index contributed by atoms with van der Waals surface area (Å²) in [5.74, 6) is 0.485. The van der Waals surface area contributed by atoms with Crippen LogP contribution in [-0.2, 0) is 6.18 Å². The highest BCUT2D eigenvalue weighted by Gasteiger charge is 2.32. The Morgan fingerprint density at radius 3 is 2.62 bits per heavy atom. The predicted molar refractivity (Wildman–Crippen MR) is 145 cm³/mol. The van der Waals surface area contributed by atoms with Crippen LogP contribution in [0, 0.1) is 0 Å². The van der Waals surface area contributed by atoms with Gasteiger partial charge in [0.15, 0.2) is 5.82 Å². The Morgan fingerprint density at radius 1 is 1.00 bits per heavy atom. The van der Waals surface area contributed by atoms with Crippen LogP contribution in [-0.4, -0.2) is 55.6 Å². The molecule has 1 fully saturated rings. The first-order chi connectivity index (χ1) is 18.9. The van der Waals surface area contributed by atoms with E-state index in [0.717, 1.165) is 36.8 Å². The first-order valence-corrected chi connectivity index (χ1v) is 13.1. The summed E-state index contributed by atoms with van der Waals surface area (Å²) in [6.07, 6.45) is 6.71. The smallest absolute Gasteiger partial charge is 0.385 e.